The minimum atomic E-state index is -1.02. The Morgan fingerprint density at radius 3 is 2.59 bits per heavy atom. The second kappa shape index (κ2) is 7.99. The summed E-state index contributed by atoms with van der Waals surface area (Å²) >= 11 is 0. The maximum absolute atomic E-state index is 12.7. The van der Waals surface area contributed by atoms with Crippen molar-refractivity contribution in [3.05, 3.63) is 53.6 Å². The Hall–Kier alpha value is -3.22. The van der Waals surface area contributed by atoms with Crippen LogP contribution in [0, 0.1) is 0 Å². The lowest BCUT2D eigenvalue weighted by Crippen LogP contribution is -2.40. The van der Waals surface area contributed by atoms with Crippen molar-refractivity contribution in [2.24, 2.45) is 0 Å². The Morgan fingerprint density at radius 1 is 1.19 bits per heavy atom. The highest BCUT2D eigenvalue weighted by Crippen LogP contribution is 2.32. The maximum Gasteiger partial charge on any atom is 0.305 e. The van der Waals surface area contributed by atoms with E-state index in [1.807, 2.05) is 24.3 Å². The molecule has 27 heavy (non-hydrogen) atoms. The first-order valence-electron chi connectivity index (χ1n) is 8.50. The van der Waals surface area contributed by atoms with E-state index in [2.05, 4.69) is 5.32 Å². The molecule has 1 aliphatic rings. The maximum atomic E-state index is 12.7. The second-order valence-corrected chi connectivity index (χ2v) is 6.19. The van der Waals surface area contributed by atoms with Gasteiger partial charge in [0, 0.05) is 6.42 Å². The zero-order valence-corrected chi connectivity index (χ0v) is 15.1. The Balaban J connectivity index is 1.78. The van der Waals surface area contributed by atoms with Crippen LogP contribution in [0.2, 0.25) is 0 Å². The third kappa shape index (κ3) is 4.13. The lowest BCUT2D eigenvalue weighted by molar-refractivity contribution is -0.138. The summed E-state index contributed by atoms with van der Waals surface area (Å²) in [5.41, 5.74) is 1.57. The number of carbonyl (C=O) groups excluding carboxylic acids is 1. The summed E-state index contributed by atoms with van der Waals surface area (Å²) in [7, 11) is 3.01. The van der Waals surface area contributed by atoms with Gasteiger partial charge in [-0.2, -0.15) is 0 Å². The molecule has 2 atom stereocenters. The summed E-state index contributed by atoms with van der Waals surface area (Å²) in [6.07, 6.45) is -0.493. The van der Waals surface area contributed by atoms with Gasteiger partial charge < -0.3 is 24.6 Å². The largest absolute Gasteiger partial charge is 0.493 e. The molecule has 2 unspecified atom stereocenters. The molecule has 2 N–H and O–H groups in total. The Bertz CT molecular complexity index is 825. The fourth-order valence-corrected chi connectivity index (χ4v) is 3.09. The van der Waals surface area contributed by atoms with Gasteiger partial charge in [-0.25, -0.2) is 0 Å². The van der Waals surface area contributed by atoms with Crippen molar-refractivity contribution < 1.29 is 28.9 Å². The standard InChI is InChI=1S/C20H21NO6/c1-25-16-8-7-12(9-17(16)26-2)14(11-19(22)23)21-20(24)18-10-13-5-3-4-6-15(13)27-18/h3-9,14,18H,10-11H2,1-2H3,(H,21,24)(H,22,23). The number of fused-ring (bicyclic) bond motifs is 1. The van der Waals surface area contributed by atoms with Crippen molar-refractivity contribution in [2.75, 3.05) is 14.2 Å². The van der Waals surface area contributed by atoms with Gasteiger partial charge in [-0.1, -0.05) is 24.3 Å². The molecule has 7 heteroatoms. The van der Waals surface area contributed by atoms with Crippen molar-refractivity contribution in [1.29, 1.82) is 0 Å². The molecule has 0 saturated heterocycles. The first kappa shape index (κ1) is 18.6. The molecule has 0 bridgehead atoms. The minimum absolute atomic E-state index is 0.263. The summed E-state index contributed by atoms with van der Waals surface area (Å²) in [6.45, 7) is 0. The average molecular weight is 371 g/mol. The summed E-state index contributed by atoms with van der Waals surface area (Å²) < 4.78 is 16.2. The number of rotatable bonds is 7. The molecule has 0 radical (unpaired) electrons. The van der Waals surface area contributed by atoms with E-state index >= 15 is 0 Å². The number of aliphatic carboxylic acids is 1. The molecule has 0 aliphatic carbocycles. The Labute approximate surface area is 156 Å². The highest BCUT2D eigenvalue weighted by molar-refractivity contribution is 5.83. The van der Waals surface area contributed by atoms with Crippen LogP contribution < -0.4 is 19.5 Å². The molecule has 2 aromatic carbocycles. The number of hydrogen-bond acceptors (Lipinski definition) is 5. The van der Waals surface area contributed by atoms with Crippen molar-refractivity contribution in [2.45, 2.75) is 25.0 Å². The molecular weight excluding hydrogens is 350 g/mol. The van der Waals surface area contributed by atoms with Crippen LogP contribution in [0.15, 0.2) is 42.5 Å². The molecule has 1 amide bonds. The Kier molecular flexibility index (Phi) is 5.49. The molecule has 1 aliphatic heterocycles. The zero-order valence-electron chi connectivity index (χ0n) is 15.1. The fraction of sp³-hybridized carbons (Fsp3) is 0.300. The molecule has 7 nitrogen and oxygen atoms in total. The van der Waals surface area contributed by atoms with Gasteiger partial charge in [0.05, 0.1) is 26.7 Å². The van der Waals surface area contributed by atoms with Gasteiger partial charge >= 0.3 is 5.97 Å². The van der Waals surface area contributed by atoms with Crippen molar-refractivity contribution in [1.82, 2.24) is 5.32 Å². The number of nitrogens with one attached hydrogen (secondary N) is 1. The summed E-state index contributed by atoms with van der Waals surface area (Å²) in [4.78, 5) is 24.0. The summed E-state index contributed by atoms with van der Waals surface area (Å²) in [5, 5.41) is 12.0. The number of benzene rings is 2. The van der Waals surface area contributed by atoms with E-state index in [1.165, 1.54) is 14.2 Å². The highest BCUT2D eigenvalue weighted by Gasteiger charge is 2.31. The van der Waals surface area contributed by atoms with E-state index < -0.39 is 18.1 Å². The second-order valence-electron chi connectivity index (χ2n) is 6.19. The van der Waals surface area contributed by atoms with E-state index in [1.54, 1.807) is 18.2 Å². The summed E-state index contributed by atoms with van der Waals surface area (Å²) in [6, 6.07) is 11.8. The normalized spacial score (nSPS) is 16.0. The molecule has 3 rings (SSSR count). The van der Waals surface area contributed by atoms with Gasteiger partial charge in [0.25, 0.3) is 5.91 Å². The van der Waals surface area contributed by atoms with Crippen molar-refractivity contribution >= 4 is 11.9 Å². The van der Waals surface area contributed by atoms with Crippen LogP contribution >= 0.6 is 0 Å². The van der Waals surface area contributed by atoms with E-state index in [0.29, 0.717) is 29.2 Å². The number of carbonyl (C=O) groups is 2. The minimum Gasteiger partial charge on any atom is -0.493 e. The third-order valence-electron chi connectivity index (χ3n) is 4.44. The van der Waals surface area contributed by atoms with Gasteiger partial charge in [0.15, 0.2) is 17.6 Å². The van der Waals surface area contributed by atoms with Gasteiger partial charge in [-0.05, 0) is 29.3 Å². The molecule has 0 aromatic heterocycles. The Morgan fingerprint density at radius 2 is 1.93 bits per heavy atom. The SMILES string of the molecule is COc1ccc(C(CC(=O)O)NC(=O)C2Cc3ccccc3O2)cc1OC. The predicted molar refractivity (Wildman–Crippen MR) is 97.2 cm³/mol. The van der Waals surface area contributed by atoms with Crippen LogP contribution in [0.1, 0.15) is 23.6 Å². The molecule has 2 aromatic rings. The number of amides is 1. The van der Waals surface area contributed by atoms with Gasteiger partial charge in [-0.15, -0.1) is 0 Å². The van der Waals surface area contributed by atoms with Gasteiger partial charge in [-0.3, -0.25) is 9.59 Å². The molecule has 0 saturated carbocycles. The lowest BCUT2D eigenvalue weighted by Gasteiger charge is -2.21. The number of para-hydroxylation sites is 1. The number of ether oxygens (including phenoxy) is 3. The zero-order chi connectivity index (χ0) is 19.4. The van der Waals surface area contributed by atoms with E-state index in [0.717, 1.165) is 5.56 Å². The number of carboxylic acid groups (broad SMARTS) is 1. The first-order valence-corrected chi connectivity index (χ1v) is 8.50. The number of methoxy groups -OCH3 is 2. The lowest BCUT2D eigenvalue weighted by atomic mass is 10.0. The highest BCUT2D eigenvalue weighted by atomic mass is 16.5. The topological polar surface area (TPSA) is 94.1 Å². The van der Waals surface area contributed by atoms with Crippen molar-refractivity contribution in [3.8, 4) is 17.2 Å². The average Bonchev–Trinajstić information content (AvgIpc) is 3.11. The smallest absolute Gasteiger partial charge is 0.305 e. The first-order chi connectivity index (χ1) is 13.0. The van der Waals surface area contributed by atoms with Crippen LogP contribution in [-0.4, -0.2) is 37.3 Å². The van der Waals surface area contributed by atoms with Crippen LogP contribution in [0.3, 0.4) is 0 Å². The van der Waals surface area contributed by atoms with Crippen LogP contribution in [0.5, 0.6) is 17.2 Å². The summed E-state index contributed by atoms with van der Waals surface area (Å²) in [5.74, 6) is 0.289. The van der Waals surface area contributed by atoms with Crippen molar-refractivity contribution in [3.63, 3.8) is 0 Å². The fourth-order valence-electron chi connectivity index (χ4n) is 3.09. The van der Waals surface area contributed by atoms with Gasteiger partial charge in [0.1, 0.15) is 5.75 Å². The molecular formula is C20H21NO6. The van der Waals surface area contributed by atoms with E-state index in [4.69, 9.17) is 14.2 Å². The van der Waals surface area contributed by atoms with Gasteiger partial charge in [0.2, 0.25) is 0 Å². The van der Waals surface area contributed by atoms with Crippen LogP contribution in [0.25, 0.3) is 0 Å². The molecule has 1 heterocycles. The molecule has 0 fully saturated rings. The van der Waals surface area contributed by atoms with Crippen LogP contribution in [0.4, 0.5) is 0 Å². The third-order valence-corrected chi connectivity index (χ3v) is 4.44. The quantitative estimate of drug-likeness (QED) is 0.776. The molecule has 0 spiro atoms. The van der Waals surface area contributed by atoms with E-state index in [-0.39, 0.29) is 12.3 Å². The predicted octanol–water partition coefficient (Wildman–Crippen LogP) is 2.34. The number of hydrogen-bond donors (Lipinski definition) is 2. The number of carboxylic acids is 1. The monoisotopic (exact) mass is 371 g/mol. The molecule has 142 valence electrons. The van der Waals surface area contributed by atoms with E-state index in [9.17, 15) is 14.7 Å². The van der Waals surface area contributed by atoms with Crippen LogP contribution in [-0.2, 0) is 16.0 Å².